The minimum Gasteiger partial charge on any atom is -0.355 e. The highest BCUT2D eigenvalue weighted by molar-refractivity contribution is 6.11. The summed E-state index contributed by atoms with van der Waals surface area (Å²) < 4.78 is 0. The summed E-state index contributed by atoms with van der Waals surface area (Å²) in [6, 6.07) is 18.1. The number of fused-ring (bicyclic) bond motifs is 3. The third kappa shape index (κ3) is 2.57. The quantitative estimate of drug-likeness (QED) is 0.413. The van der Waals surface area contributed by atoms with E-state index in [1.54, 1.807) is 13.0 Å². The van der Waals surface area contributed by atoms with Gasteiger partial charge in [0, 0.05) is 44.7 Å². The molecule has 0 spiro atoms. The number of H-pyrrole nitrogens is 1. The number of para-hydroxylation sites is 1. The zero-order valence-corrected chi connectivity index (χ0v) is 13.9. The molecule has 1 heterocycles. The van der Waals surface area contributed by atoms with Gasteiger partial charge in [-0.25, -0.2) is 0 Å². The smallest absolute Gasteiger partial charge is 0.273 e. The standard InChI is InChI=1S/C20H15N3O3/c1-12-14(6-4-8-19(12)23(25)26)20(24)21-13-9-10-18-16(11-13)15-5-2-3-7-17(15)22-18/h2-11,22H,1H3,(H,21,24). The molecule has 3 aromatic carbocycles. The number of aromatic amines is 1. The van der Waals surface area contributed by atoms with E-state index >= 15 is 0 Å². The topological polar surface area (TPSA) is 88.0 Å². The molecule has 6 nitrogen and oxygen atoms in total. The molecular formula is C20H15N3O3. The lowest BCUT2D eigenvalue weighted by Gasteiger charge is -2.08. The van der Waals surface area contributed by atoms with Gasteiger partial charge in [0.25, 0.3) is 11.6 Å². The lowest BCUT2D eigenvalue weighted by Crippen LogP contribution is -2.14. The Labute approximate surface area is 148 Å². The average Bonchev–Trinajstić information content (AvgIpc) is 2.99. The van der Waals surface area contributed by atoms with Gasteiger partial charge in [-0.3, -0.25) is 14.9 Å². The molecule has 6 heteroatoms. The number of carbonyl (C=O) groups excluding carboxylic acids is 1. The first-order valence-corrected chi connectivity index (χ1v) is 8.10. The number of nitrogens with zero attached hydrogens (tertiary/aromatic N) is 1. The predicted octanol–water partition coefficient (Wildman–Crippen LogP) is 4.79. The first-order valence-electron chi connectivity index (χ1n) is 8.10. The molecule has 0 aliphatic rings. The van der Waals surface area contributed by atoms with Gasteiger partial charge in [0.2, 0.25) is 0 Å². The Hall–Kier alpha value is -3.67. The summed E-state index contributed by atoms with van der Waals surface area (Å²) in [5.74, 6) is -0.370. The molecule has 4 rings (SSSR count). The van der Waals surface area contributed by atoms with Crippen molar-refractivity contribution in [1.29, 1.82) is 0 Å². The van der Waals surface area contributed by atoms with Crippen LogP contribution in [0.25, 0.3) is 21.8 Å². The van der Waals surface area contributed by atoms with Crippen LogP contribution >= 0.6 is 0 Å². The first kappa shape index (κ1) is 15.8. The molecule has 0 atom stereocenters. The Morgan fingerprint density at radius 3 is 2.58 bits per heavy atom. The van der Waals surface area contributed by atoms with Gasteiger partial charge >= 0.3 is 0 Å². The second kappa shape index (κ2) is 6.00. The SMILES string of the molecule is Cc1c(C(=O)Nc2ccc3[nH]c4ccccc4c3c2)cccc1[N+](=O)[O-]. The van der Waals surface area contributed by atoms with E-state index in [0.717, 1.165) is 21.8 Å². The minimum absolute atomic E-state index is 0.0651. The fourth-order valence-electron chi connectivity index (χ4n) is 3.19. The third-order valence-electron chi connectivity index (χ3n) is 4.51. The monoisotopic (exact) mass is 345 g/mol. The fraction of sp³-hybridized carbons (Fsp3) is 0.0500. The maximum atomic E-state index is 12.6. The van der Waals surface area contributed by atoms with Gasteiger partial charge in [0.1, 0.15) is 0 Å². The molecule has 0 aliphatic carbocycles. The van der Waals surface area contributed by atoms with Gasteiger partial charge in [-0.1, -0.05) is 24.3 Å². The Balaban J connectivity index is 1.71. The molecule has 4 aromatic rings. The molecule has 0 radical (unpaired) electrons. The summed E-state index contributed by atoms with van der Waals surface area (Å²) in [4.78, 5) is 26.5. The summed E-state index contributed by atoms with van der Waals surface area (Å²) in [6.07, 6.45) is 0. The normalized spacial score (nSPS) is 11.0. The largest absolute Gasteiger partial charge is 0.355 e. The van der Waals surface area contributed by atoms with E-state index in [2.05, 4.69) is 10.3 Å². The van der Waals surface area contributed by atoms with Crippen LogP contribution in [-0.2, 0) is 0 Å². The van der Waals surface area contributed by atoms with Crippen molar-refractivity contribution in [1.82, 2.24) is 4.98 Å². The third-order valence-corrected chi connectivity index (χ3v) is 4.51. The number of carbonyl (C=O) groups is 1. The summed E-state index contributed by atoms with van der Waals surface area (Å²) in [5, 5.41) is 16.0. The van der Waals surface area contributed by atoms with E-state index in [0.29, 0.717) is 16.8 Å². The van der Waals surface area contributed by atoms with Crippen LogP contribution < -0.4 is 5.32 Å². The average molecular weight is 345 g/mol. The molecule has 128 valence electrons. The highest BCUT2D eigenvalue weighted by atomic mass is 16.6. The number of hydrogen-bond acceptors (Lipinski definition) is 3. The van der Waals surface area contributed by atoms with Crippen molar-refractivity contribution < 1.29 is 9.72 Å². The number of rotatable bonds is 3. The molecule has 26 heavy (non-hydrogen) atoms. The predicted molar refractivity (Wildman–Crippen MR) is 102 cm³/mol. The van der Waals surface area contributed by atoms with E-state index < -0.39 is 4.92 Å². The molecule has 0 saturated carbocycles. The number of nitro benzene ring substituents is 1. The maximum absolute atomic E-state index is 12.6. The van der Waals surface area contributed by atoms with E-state index in [-0.39, 0.29) is 11.6 Å². The molecule has 0 fully saturated rings. The van der Waals surface area contributed by atoms with Crippen LogP contribution in [0.2, 0.25) is 0 Å². The number of benzene rings is 3. The number of nitro groups is 1. The Kier molecular flexibility index (Phi) is 3.65. The van der Waals surface area contributed by atoms with Gasteiger partial charge in [-0.05, 0) is 37.3 Å². The minimum atomic E-state index is -0.482. The first-order chi connectivity index (χ1) is 12.5. The summed E-state index contributed by atoms with van der Waals surface area (Å²) >= 11 is 0. The van der Waals surface area contributed by atoms with Crippen molar-refractivity contribution in [3.63, 3.8) is 0 Å². The van der Waals surface area contributed by atoms with Crippen molar-refractivity contribution in [2.75, 3.05) is 5.32 Å². The van der Waals surface area contributed by atoms with Gasteiger partial charge in [-0.2, -0.15) is 0 Å². The molecule has 1 aromatic heterocycles. The highest BCUT2D eigenvalue weighted by Crippen LogP contribution is 2.28. The zero-order chi connectivity index (χ0) is 18.3. The molecule has 0 unspecified atom stereocenters. The van der Waals surface area contributed by atoms with Crippen LogP contribution in [0.5, 0.6) is 0 Å². The zero-order valence-electron chi connectivity index (χ0n) is 13.9. The van der Waals surface area contributed by atoms with E-state index in [9.17, 15) is 14.9 Å². The number of amides is 1. The van der Waals surface area contributed by atoms with Crippen molar-refractivity contribution in [2.45, 2.75) is 6.92 Å². The van der Waals surface area contributed by atoms with Crippen LogP contribution in [-0.4, -0.2) is 15.8 Å². The fourth-order valence-corrected chi connectivity index (χ4v) is 3.19. The molecule has 0 saturated heterocycles. The van der Waals surface area contributed by atoms with Crippen molar-refractivity contribution in [3.8, 4) is 0 Å². The van der Waals surface area contributed by atoms with Gasteiger partial charge in [0.15, 0.2) is 0 Å². The molecule has 0 bridgehead atoms. The summed E-state index contributed by atoms with van der Waals surface area (Å²) in [6.45, 7) is 1.58. The van der Waals surface area contributed by atoms with Gasteiger partial charge < -0.3 is 10.3 Å². The van der Waals surface area contributed by atoms with Crippen LogP contribution in [0, 0.1) is 17.0 Å². The Bertz CT molecular complexity index is 1180. The summed E-state index contributed by atoms with van der Waals surface area (Å²) in [5.41, 5.74) is 3.22. The van der Waals surface area contributed by atoms with Crippen LogP contribution in [0.4, 0.5) is 11.4 Å². The highest BCUT2D eigenvalue weighted by Gasteiger charge is 2.18. The van der Waals surface area contributed by atoms with E-state index in [1.165, 1.54) is 12.1 Å². The van der Waals surface area contributed by atoms with Crippen molar-refractivity contribution in [3.05, 3.63) is 81.9 Å². The number of anilines is 1. The molecule has 2 N–H and O–H groups in total. The van der Waals surface area contributed by atoms with E-state index in [4.69, 9.17) is 0 Å². The molecular weight excluding hydrogens is 330 g/mol. The Morgan fingerprint density at radius 1 is 1.00 bits per heavy atom. The number of hydrogen-bond donors (Lipinski definition) is 2. The van der Waals surface area contributed by atoms with Gasteiger partial charge in [-0.15, -0.1) is 0 Å². The van der Waals surface area contributed by atoms with Crippen LogP contribution in [0.15, 0.2) is 60.7 Å². The maximum Gasteiger partial charge on any atom is 0.273 e. The second-order valence-electron chi connectivity index (χ2n) is 6.09. The Morgan fingerprint density at radius 2 is 1.77 bits per heavy atom. The van der Waals surface area contributed by atoms with Crippen LogP contribution in [0.1, 0.15) is 15.9 Å². The van der Waals surface area contributed by atoms with Gasteiger partial charge in [0.05, 0.1) is 4.92 Å². The van der Waals surface area contributed by atoms with E-state index in [1.807, 2.05) is 42.5 Å². The summed E-state index contributed by atoms with van der Waals surface area (Å²) in [7, 11) is 0. The number of nitrogens with one attached hydrogen (secondary N) is 2. The molecule has 0 aliphatic heterocycles. The lowest BCUT2D eigenvalue weighted by molar-refractivity contribution is -0.385. The molecule has 1 amide bonds. The van der Waals surface area contributed by atoms with Crippen LogP contribution in [0.3, 0.4) is 0 Å². The number of aromatic nitrogens is 1. The van der Waals surface area contributed by atoms with Crippen molar-refractivity contribution >= 4 is 39.1 Å². The van der Waals surface area contributed by atoms with Crippen molar-refractivity contribution in [2.24, 2.45) is 0 Å². The lowest BCUT2D eigenvalue weighted by atomic mass is 10.1. The second-order valence-corrected chi connectivity index (χ2v) is 6.09.